The molecule has 3 heteroatoms. The summed E-state index contributed by atoms with van der Waals surface area (Å²) < 4.78 is 1.94. The van der Waals surface area contributed by atoms with Crippen molar-refractivity contribution in [3.05, 3.63) is 11.4 Å². The van der Waals surface area contributed by atoms with E-state index < -0.39 is 0 Å². The average molecular weight is 214 g/mol. The second-order valence-electron chi connectivity index (χ2n) is 3.64. The lowest BCUT2D eigenvalue weighted by Crippen LogP contribution is -2.27. The summed E-state index contributed by atoms with van der Waals surface area (Å²) >= 11 is 1.58. The van der Waals surface area contributed by atoms with E-state index >= 15 is 0 Å². The highest BCUT2D eigenvalue weighted by atomic mass is 32.1. The van der Waals surface area contributed by atoms with Crippen molar-refractivity contribution < 1.29 is 9.06 Å². The van der Waals surface area contributed by atoms with Crippen LogP contribution >= 0.6 is 11.5 Å². The van der Waals surface area contributed by atoms with Gasteiger partial charge in [0.1, 0.15) is 11.5 Å². The second-order valence-corrected chi connectivity index (χ2v) is 4.56. The lowest BCUT2D eigenvalue weighted by atomic mass is 10.1. The molecule has 1 aromatic rings. The summed E-state index contributed by atoms with van der Waals surface area (Å²) in [4.78, 5) is 0. The number of aromatic hydroxyl groups is 1. The van der Waals surface area contributed by atoms with Crippen LogP contribution in [-0.2, 0) is 6.54 Å². The predicted octanol–water partition coefficient (Wildman–Crippen LogP) is 3.10. The first kappa shape index (κ1) is 11.5. The summed E-state index contributed by atoms with van der Waals surface area (Å²) in [5.74, 6) is 0.406. The molecule has 0 aliphatic heterocycles. The first-order chi connectivity index (χ1) is 6.84. The van der Waals surface area contributed by atoms with Gasteiger partial charge < -0.3 is 5.11 Å². The highest BCUT2D eigenvalue weighted by Crippen LogP contribution is 2.08. The second kappa shape index (κ2) is 6.82. The largest absolute Gasteiger partial charge is 0.459 e. The summed E-state index contributed by atoms with van der Waals surface area (Å²) in [6, 6.07) is 1.75. The first-order valence-corrected chi connectivity index (χ1v) is 6.35. The van der Waals surface area contributed by atoms with Gasteiger partial charge in [-0.15, -0.1) is 3.96 Å². The van der Waals surface area contributed by atoms with Gasteiger partial charge in [0.25, 0.3) is 0 Å². The number of nitrogens with zero attached hydrogens (tertiary/aromatic N) is 1. The van der Waals surface area contributed by atoms with Crippen LogP contribution in [0.3, 0.4) is 0 Å². The molecule has 1 rings (SSSR count). The van der Waals surface area contributed by atoms with E-state index in [2.05, 4.69) is 6.92 Å². The van der Waals surface area contributed by atoms with E-state index in [1.165, 1.54) is 38.5 Å². The number of hydrogen-bond donors (Lipinski definition) is 1. The van der Waals surface area contributed by atoms with E-state index in [4.69, 9.17) is 0 Å². The molecule has 14 heavy (non-hydrogen) atoms. The topological polar surface area (TPSA) is 24.1 Å². The Bertz CT molecular complexity index is 247. The molecule has 80 valence electrons. The molecule has 0 fully saturated rings. The molecule has 0 saturated heterocycles. The lowest BCUT2D eigenvalue weighted by Gasteiger charge is -1.96. The zero-order valence-corrected chi connectivity index (χ0v) is 9.72. The Morgan fingerprint density at radius 3 is 2.57 bits per heavy atom. The molecule has 0 aliphatic rings. The van der Waals surface area contributed by atoms with Crippen molar-refractivity contribution in [2.75, 3.05) is 0 Å². The van der Waals surface area contributed by atoms with E-state index in [-0.39, 0.29) is 0 Å². The molecule has 1 N–H and O–H groups in total. The van der Waals surface area contributed by atoms with Crippen molar-refractivity contribution in [1.82, 2.24) is 0 Å². The van der Waals surface area contributed by atoms with Crippen LogP contribution in [0.15, 0.2) is 11.4 Å². The monoisotopic (exact) mass is 214 g/mol. The van der Waals surface area contributed by atoms with Gasteiger partial charge in [-0.2, -0.15) is 0 Å². The molecule has 0 atom stereocenters. The minimum Gasteiger partial charge on any atom is -0.459 e. The van der Waals surface area contributed by atoms with Crippen molar-refractivity contribution in [2.45, 2.75) is 52.0 Å². The van der Waals surface area contributed by atoms with Crippen LogP contribution < -0.4 is 3.96 Å². The molecular weight excluding hydrogens is 194 g/mol. The van der Waals surface area contributed by atoms with E-state index in [9.17, 15) is 5.11 Å². The van der Waals surface area contributed by atoms with E-state index in [1.54, 1.807) is 17.6 Å². The maximum atomic E-state index is 9.36. The SMILES string of the molecule is CCCCCCCC[n+]1sccc1O. The summed E-state index contributed by atoms with van der Waals surface area (Å²) in [6.07, 6.45) is 7.82. The third-order valence-corrected chi connectivity index (χ3v) is 3.26. The van der Waals surface area contributed by atoms with Gasteiger partial charge in [0, 0.05) is 6.42 Å². The zero-order valence-electron chi connectivity index (χ0n) is 8.91. The van der Waals surface area contributed by atoms with Crippen molar-refractivity contribution >= 4 is 11.5 Å². The molecule has 1 heterocycles. The van der Waals surface area contributed by atoms with Gasteiger partial charge in [-0.25, -0.2) is 0 Å². The molecule has 0 aromatic carbocycles. The Balaban J connectivity index is 2.02. The molecule has 0 amide bonds. The van der Waals surface area contributed by atoms with Crippen molar-refractivity contribution in [2.24, 2.45) is 0 Å². The van der Waals surface area contributed by atoms with Gasteiger partial charge >= 0.3 is 5.88 Å². The van der Waals surface area contributed by atoms with Gasteiger partial charge in [0.2, 0.25) is 0 Å². The van der Waals surface area contributed by atoms with Crippen LogP contribution in [0.2, 0.25) is 0 Å². The molecule has 0 aliphatic carbocycles. The van der Waals surface area contributed by atoms with Crippen molar-refractivity contribution in [1.29, 1.82) is 0 Å². The number of hydrogen-bond acceptors (Lipinski definition) is 2. The first-order valence-electron chi connectivity index (χ1n) is 5.51. The predicted molar refractivity (Wildman–Crippen MR) is 59.6 cm³/mol. The van der Waals surface area contributed by atoms with Crippen LogP contribution in [-0.4, -0.2) is 5.11 Å². The fourth-order valence-electron chi connectivity index (χ4n) is 1.50. The molecule has 0 saturated carbocycles. The van der Waals surface area contributed by atoms with Gasteiger partial charge in [-0.1, -0.05) is 32.6 Å². The quantitative estimate of drug-likeness (QED) is 0.547. The molecule has 0 bridgehead atoms. The minimum atomic E-state index is 0.406. The van der Waals surface area contributed by atoms with E-state index in [0.29, 0.717) is 5.88 Å². The Morgan fingerprint density at radius 1 is 1.21 bits per heavy atom. The fraction of sp³-hybridized carbons (Fsp3) is 0.727. The van der Waals surface area contributed by atoms with Crippen LogP contribution in [0.4, 0.5) is 0 Å². The normalized spacial score (nSPS) is 10.6. The van der Waals surface area contributed by atoms with Crippen LogP contribution in [0.5, 0.6) is 5.88 Å². The summed E-state index contributed by atoms with van der Waals surface area (Å²) in [7, 11) is 0. The van der Waals surface area contributed by atoms with Crippen molar-refractivity contribution in [3.8, 4) is 5.88 Å². The number of unbranched alkanes of at least 4 members (excludes halogenated alkanes) is 5. The van der Waals surface area contributed by atoms with Crippen LogP contribution in [0.1, 0.15) is 45.4 Å². The van der Waals surface area contributed by atoms with Gasteiger partial charge in [-0.3, -0.25) is 0 Å². The summed E-state index contributed by atoms with van der Waals surface area (Å²) in [5.41, 5.74) is 0. The fourth-order valence-corrected chi connectivity index (χ4v) is 2.24. The molecule has 0 spiro atoms. The third-order valence-electron chi connectivity index (χ3n) is 2.38. The highest BCUT2D eigenvalue weighted by Gasteiger charge is 2.09. The lowest BCUT2D eigenvalue weighted by molar-refractivity contribution is -0.636. The van der Waals surface area contributed by atoms with E-state index in [1.807, 2.05) is 9.34 Å². The molecule has 2 nitrogen and oxygen atoms in total. The third kappa shape index (κ3) is 4.09. The maximum absolute atomic E-state index is 9.36. The molecular formula is C11H20NOS+. The average Bonchev–Trinajstić information content (AvgIpc) is 2.58. The smallest absolute Gasteiger partial charge is 0.379 e. The number of aromatic nitrogens is 1. The summed E-state index contributed by atoms with van der Waals surface area (Å²) in [6.45, 7) is 3.20. The molecule has 1 aromatic heterocycles. The maximum Gasteiger partial charge on any atom is 0.379 e. The molecule has 0 radical (unpaired) electrons. The standard InChI is InChI=1S/C11H19NOS/c1-2-3-4-5-6-7-9-12-11(13)8-10-14-12/h8,10H,2-7,9H2,1H3/p+1. The minimum absolute atomic E-state index is 0.406. The van der Waals surface area contributed by atoms with E-state index in [0.717, 1.165) is 6.54 Å². The Morgan fingerprint density at radius 2 is 1.93 bits per heavy atom. The van der Waals surface area contributed by atoms with Gasteiger partial charge in [0.15, 0.2) is 6.54 Å². The van der Waals surface area contributed by atoms with Gasteiger partial charge in [0.05, 0.1) is 11.4 Å². The zero-order chi connectivity index (χ0) is 10.2. The number of rotatable bonds is 7. The van der Waals surface area contributed by atoms with Crippen LogP contribution in [0.25, 0.3) is 0 Å². The molecule has 0 unspecified atom stereocenters. The Labute approximate surface area is 90.4 Å². The van der Waals surface area contributed by atoms with Crippen molar-refractivity contribution in [3.63, 3.8) is 0 Å². The van der Waals surface area contributed by atoms with Gasteiger partial charge in [-0.05, 0) is 6.42 Å². The number of aryl methyl sites for hydroxylation is 1. The Hall–Kier alpha value is -0.570. The van der Waals surface area contributed by atoms with Crippen LogP contribution in [0, 0.1) is 0 Å². The summed E-state index contributed by atoms with van der Waals surface area (Å²) in [5, 5.41) is 11.3. The highest BCUT2D eigenvalue weighted by molar-refractivity contribution is 6.99. The Kier molecular flexibility index (Phi) is 5.60.